The van der Waals surface area contributed by atoms with Crippen molar-refractivity contribution in [3.63, 3.8) is 0 Å². The fourth-order valence-corrected chi connectivity index (χ4v) is 9.85. The highest BCUT2D eigenvalue weighted by molar-refractivity contribution is 14.0. The smallest absolute Gasteiger partial charge is 0.448 e. The molecule has 3 aliphatic carbocycles. The second-order valence-corrected chi connectivity index (χ2v) is 18.1. The van der Waals surface area contributed by atoms with Crippen LogP contribution < -0.4 is 0 Å². The number of rotatable bonds is 0. The Morgan fingerprint density at radius 1 is 0.414 bits per heavy atom. The number of carbonyl (C=O) groups is 6. The van der Waals surface area contributed by atoms with Crippen LogP contribution >= 0.6 is 39.9 Å². The van der Waals surface area contributed by atoms with Crippen LogP contribution in [0.25, 0.3) is 66.3 Å². The van der Waals surface area contributed by atoms with Gasteiger partial charge in [0.15, 0.2) is 4.67 Å². The van der Waals surface area contributed by atoms with Gasteiger partial charge in [-0.05, 0) is 144 Å². The van der Waals surface area contributed by atoms with E-state index in [2.05, 4.69) is 15.9 Å². The summed E-state index contributed by atoms with van der Waals surface area (Å²) in [5, 5.41) is 20.6. The first kappa shape index (κ1) is 49.6. The number of hydrogen-bond acceptors (Lipinski definition) is 11. The third-order valence-corrected chi connectivity index (χ3v) is 13.8. The van der Waals surface area contributed by atoms with Gasteiger partial charge in [0.25, 0.3) is 0 Å². The molecule has 3 aliphatic rings. The van der Waals surface area contributed by atoms with Gasteiger partial charge in [-0.2, -0.15) is 0 Å². The Morgan fingerprint density at radius 3 is 1.17 bits per heavy atom. The minimum atomic E-state index is -1.17. The molecule has 0 saturated carbocycles. The van der Waals surface area contributed by atoms with Gasteiger partial charge < -0.3 is 23.3 Å². The van der Waals surface area contributed by atoms with Crippen LogP contribution in [0.5, 0.6) is 0 Å². The zero-order valence-corrected chi connectivity index (χ0v) is 43.1. The molecule has 0 spiro atoms. The number of hydrogen-bond donors (Lipinski definition) is 2. The van der Waals surface area contributed by atoms with Crippen LogP contribution in [0.15, 0.2) is 115 Å². The Kier molecular flexibility index (Phi) is 13.3. The molecule has 3 heterocycles. The molecule has 0 amide bonds. The summed E-state index contributed by atoms with van der Waals surface area (Å²) in [6.45, 7) is 14.4. The monoisotopic (exact) mass is 1110 g/mol. The normalized spacial score (nSPS) is 12.8. The second kappa shape index (κ2) is 18.8. The Balaban J connectivity index is 0.000000135. The molecule has 0 fully saturated rings. The summed E-state index contributed by atoms with van der Waals surface area (Å²) >= 11 is 3.31. The number of Topliss-reactive ketones (excluding diaryl/α,β-unsaturated/α-hetero) is 6. The molecule has 0 radical (unpaired) electrons. The van der Waals surface area contributed by atoms with Crippen molar-refractivity contribution in [2.45, 2.75) is 55.3 Å². The Morgan fingerprint density at radius 2 is 0.757 bits per heavy atom. The quantitative estimate of drug-likeness (QED) is 0.0837. The predicted molar refractivity (Wildman–Crippen MR) is 283 cm³/mol. The fraction of sp³-hybridized carbons (Fsp3) is 0.143. The molecule has 6 aromatic carbocycles. The van der Waals surface area contributed by atoms with Gasteiger partial charge in [0.1, 0.15) is 23.0 Å². The van der Waals surface area contributed by atoms with Crippen molar-refractivity contribution < 1.29 is 52.1 Å². The number of halogens is 2. The minimum Gasteiger partial charge on any atom is -0.463 e. The molecule has 0 bridgehead atoms. The molecule has 12 rings (SSSR count). The number of aryl methyl sites for hydroxylation is 5. The average molecular weight is 1110 g/mol. The van der Waals surface area contributed by atoms with E-state index in [4.69, 9.17) is 23.3 Å². The van der Waals surface area contributed by atoms with E-state index in [9.17, 15) is 28.8 Å². The molecule has 14 heteroatoms. The van der Waals surface area contributed by atoms with Crippen molar-refractivity contribution in [3.8, 4) is 34.0 Å². The summed E-state index contributed by atoms with van der Waals surface area (Å²) in [5.74, 6) is -0.591. The first-order valence-corrected chi connectivity index (χ1v) is 22.8. The topological polar surface area (TPSA) is 182 Å². The molecule has 11 nitrogen and oxygen atoms in total. The Bertz CT molecular complexity index is 3610. The van der Waals surface area contributed by atoms with Crippen LogP contribution in [-0.4, -0.2) is 51.9 Å². The third kappa shape index (κ3) is 7.92. The Hall–Kier alpha value is -6.85. The lowest BCUT2D eigenvalue weighted by molar-refractivity contribution is 0.0815. The summed E-state index contributed by atoms with van der Waals surface area (Å²) in [6, 6.07) is 28.9. The fourth-order valence-electron chi connectivity index (χ4n) is 9.49. The maximum atomic E-state index is 12.7. The van der Waals surface area contributed by atoms with Gasteiger partial charge in [0.05, 0.1) is 23.0 Å². The van der Waals surface area contributed by atoms with E-state index in [0.717, 1.165) is 54.6 Å². The number of furan rings is 3. The summed E-state index contributed by atoms with van der Waals surface area (Å²) in [5.41, 5.74) is 10.0. The molecule has 0 atom stereocenters. The summed E-state index contributed by atoms with van der Waals surface area (Å²) in [6.07, 6.45) is 1.53. The van der Waals surface area contributed by atoms with Crippen molar-refractivity contribution in [2.75, 3.05) is 0 Å². The van der Waals surface area contributed by atoms with Crippen LogP contribution in [0.2, 0.25) is 6.82 Å². The predicted octanol–water partition coefficient (Wildman–Crippen LogP) is 13.1. The van der Waals surface area contributed by atoms with Gasteiger partial charge >= 0.3 is 7.12 Å². The van der Waals surface area contributed by atoms with Crippen LogP contribution in [-0.2, 0) is 0 Å². The molecule has 0 unspecified atom stereocenters. The van der Waals surface area contributed by atoms with Crippen molar-refractivity contribution in [2.24, 2.45) is 0 Å². The van der Waals surface area contributed by atoms with Gasteiger partial charge in [0, 0.05) is 44.5 Å². The molecule has 9 aromatic rings. The lowest BCUT2D eigenvalue weighted by Crippen LogP contribution is -2.21. The van der Waals surface area contributed by atoms with Crippen LogP contribution in [0.1, 0.15) is 101 Å². The first-order chi connectivity index (χ1) is 32.8. The standard InChI is InChI=1S/C19H14O3.C18H11BrO3.C18H12O3.CH5BO2.HI/c1-9-5-4-6-13-12(9)7-8-14-16(13)18(21)17(20)15-10(2)11(3)22-19(14)15;1-8-4-3-5-11-10(8)6-7-12-14(11)16(21)15(20)13-9(2)18(19)22-17(12)13;1-9-4-3-5-12-11(9)6-7-13-15(12)17(20)16(19)14-10(2)8-21-18(13)14;1-2(3)4;/h4-8H,1-3H3;3-7H,1-2H3;3-8H,1-2H3;3-4H,1H3;1H. The van der Waals surface area contributed by atoms with Crippen molar-refractivity contribution in [1.82, 2.24) is 0 Å². The van der Waals surface area contributed by atoms with Crippen molar-refractivity contribution in [3.05, 3.63) is 174 Å². The molecule has 2 N–H and O–H groups in total. The zero-order chi connectivity index (χ0) is 49.5. The largest absolute Gasteiger partial charge is 0.463 e. The van der Waals surface area contributed by atoms with Gasteiger partial charge in [0.2, 0.25) is 34.7 Å². The second-order valence-electron chi connectivity index (χ2n) is 17.4. The van der Waals surface area contributed by atoms with E-state index in [0.29, 0.717) is 88.9 Å². The van der Waals surface area contributed by atoms with E-state index in [1.807, 2.05) is 126 Å². The molecule has 70 heavy (non-hydrogen) atoms. The van der Waals surface area contributed by atoms with Crippen LogP contribution in [0.3, 0.4) is 0 Å². The third-order valence-electron chi connectivity index (χ3n) is 13.0. The van der Waals surface area contributed by atoms with E-state index in [-0.39, 0.29) is 24.0 Å². The first-order valence-electron chi connectivity index (χ1n) is 22.0. The molecular formula is C56H43BBrIO11. The summed E-state index contributed by atoms with van der Waals surface area (Å²) in [7, 11) is -1.17. The lowest BCUT2D eigenvalue weighted by Gasteiger charge is -2.16. The van der Waals surface area contributed by atoms with Crippen LogP contribution in [0, 0.1) is 48.5 Å². The summed E-state index contributed by atoms with van der Waals surface area (Å²) < 4.78 is 17.5. The maximum Gasteiger partial charge on any atom is 0.448 e. The lowest BCUT2D eigenvalue weighted by atomic mass is 9.83. The van der Waals surface area contributed by atoms with Crippen LogP contribution in [0.4, 0.5) is 0 Å². The van der Waals surface area contributed by atoms with E-state index >= 15 is 0 Å². The Labute approximate surface area is 427 Å². The highest BCUT2D eigenvalue weighted by atomic mass is 127. The molecule has 0 saturated heterocycles. The van der Waals surface area contributed by atoms with Crippen molar-refractivity contribution in [1.29, 1.82) is 0 Å². The number of ketones is 6. The van der Waals surface area contributed by atoms with Gasteiger partial charge in [-0.25, -0.2) is 0 Å². The number of carbonyl (C=O) groups excluding carboxylic acids is 6. The highest BCUT2D eigenvalue weighted by Crippen LogP contribution is 2.45. The van der Waals surface area contributed by atoms with Crippen molar-refractivity contribution >= 4 is 114 Å². The van der Waals surface area contributed by atoms with E-state index in [1.165, 1.54) is 13.1 Å². The minimum absolute atomic E-state index is 0. The number of fused-ring (bicyclic) bond motifs is 15. The molecule has 0 aliphatic heterocycles. The molecule has 3 aromatic heterocycles. The maximum absolute atomic E-state index is 12.7. The highest BCUT2D eigenvalue weighted by Gasteiger charge is 2.39. The zero-order valence-electron chi connectivity index (χ0n) is 39.2. The summed E-state index contributed by atoms with van der Waals surface area (Å²) in [4.78, 5) is 75.3. The van der Waals surface area contributed by atoms with E-state index in [1.54, 1.807) is 13.8 Å². The molecule has 350 valence electrons. The van der Waals surface area contributed by atoms with Gasteiger partial charge in [-0.15, -0.1) is 24.0 Å². The van der Waals surface area contributed by atoms with E-state index < -0.39 is 41.8 Å². The van der Waals surface area contributed by atoms with Gasteiger partial charge in [-0.1, -0.05) is 72.8 Å². The molecular weight excluding hydrogens is 1070 g/mol. The number of benzene rings is 6. The average Bonchev–Trinajstić information content (AvgIpc) is 3.96. The van der Waals surface area contributed by atoms with Gasteiger partial charge in [-0.3, -0.25) is 28.8 Å². The SMILES string of the molecule is CB(O)O.Cc1c(Br)oc2c1C(=O)C(=O)c1c-2ccc2c(C)cccc12.Cc1coc2c1C(=O)C(=O)c1c-2ccc2c(C)cccc12.Cc1oc2c(c1C)C(=O)C(=O)c1c-2ccc2c(C)cccc12.I.